The van der Waals surface area contributed by atoms with E-state index in [1.165, 1.54) is 4.90 Å². The molecule has 3 saturated heterocycles. The SMILES string of the molecule is O=C1[C@@H]2[C@H]3O[C@H]([C@H]4ON=C(c5ccc(Cl)cc5)[C@H]43)[C@@H]2C(=O)N1Cc1ccccc1. The van der Waals surface area contributed by atoms with Gasteiger partial charge in [-0.05, 0) is 23.3 Å². The third-order valence-electron chi connectivity index (χ3n) is 6.46. The van der Waals surface area contributed by atoms with Crippen LogP contribution in [-0.4, -0.2) is 40.7 Å². The summed E-state index contributed by atoms with van der Waals surface area (Å²) in [5, 5.41) is 4.92. The molecule has 2 amide bonds. The molecule has 0 unspecified atom stereocenters. The van der Waals surface area contributed by atoms with Crippen LogP contribution in [0.25, 0.3) is 0 Å². The Kier molecular flexibility index (Phi) is 3.64. The lowest BCUT2D eigenvalue weighted by molar-refractivity contribution is -0.144. The summed E-state index contributed by atoms with van der Waals surface area (Å²) in [6, 6.07) is 16.9. The van der Waals surface area contributed by atoms with E-state index in [-0.39, 0.29) is 23.8 Å². The van der Waals surface area contributed by atoms with Gasteiger partial charge in [-0.25, -0.2) is 0 Å². The number of oxime groups is 1. The summed E-state index contributed by atoms with van der Waals surface area (Å²) in [5.74, 6) is -1.44. The van der Waals surface area contributed by atoms with Gasteiger partial charge < -0.3 is 9.57 Å². The van der Waals surface area contributed by atoms with Crippen LogP contribution in [0.15, 0.2) is 59.8 Å². The number of carbonyl (C=O) groups is 2. The summed E-state index contributed by atoms with van der Waals surface area (Å²) in [6.45, 7) is 0.291. The number of likely N-dealkylation sites (tertiary alicyclic amines) is 1. The molecule has 6 rings (SSSR count). The molecule has 0 spiro atoms. The third-order valence-corrected chi connectivity index (χ3v) is 6.71. The van der Waals surface area contributed by atoms with E-state index in [0.717, 1.165) is 16.8 Å². The van der Waals surface area contributed by atoms with Crippen LogP contribution >= 0.6 is 11.6 Å². The van der Waals surface area contributed by atoms with Gasteiger partial charge in [-0.15, -0.1) is 0 Å². The first-order valence-electron chi connectivity index (χ1n) is 9.68. The third kappa shape index (κ3) is 2.36. The van der Waals surface area contributed by atoms with Gasteiger partial charge in [0.25, 0.3) is 0 Å². The highest BCUT2D eigenvalue weighted by Crippen LogP contribution is 2.54. The van der Waals surface area contributed by atoms with E-state index in [1.54, 1.807) is 12.1 Å². The lowest BCUT2D eigenvalue weighted by atomic mass is 9.71. The molecule has 0 radical (unpaired) electrons. The van der Waals surface area contributed by atoms with Crippen molar-refractivity contribution in [3.8, 4) is 0 Å². The molecule has 2 aromatic carbocycles. The van der Waals surface area contributed by atoms with Crippen molar-refractivity contribution in [2.75, 3.05) is 0 Å². The van der Waals surface area contributed by atoms with E-state index < -0.39 is 24.0 Å². The van der Waals surface area contributed by atoms with E-state index in [4.69, 9.17) is 21.2 Å². The minimum absolute atomic E-state index is 0.155. The fourth-order valence-electron chi connectivity index (χ4n) is 5.20. The predicted molar refractivity (Wildman–Crippen MR) is 104 cm³/mol. The molecule has 0 N–H and O–H groups in total. The Labute approximate surface area is 172 Å². The summed E-state index contributed by atoms with van der Waals surface area (Å²) in [4.78, 5) is 33.4. The summed E-state index contributed by atoms with van der Waals surface area (Å²) in [6.07, 6.45) is -1.18. The number of nitrogens with zero attached hydrogens (tertiary/aromatic N) is 2. The number of hydrogen-bond donors (Lipinski definition) is 0. The molecular formula is C22H17ClN2O4. The molecule has 7 heteroatoms. The fourth-order valence-corrected chi connectivity index (χ4v) is 5.33. The predicted octanol–water partition coefficient (Wildman–Crippen LogP) is 2.64. The molecule has 4 heterocycles. The Balaban J connectivity index is 1.30. The van der Waals surface area contributed by atoms with E-state index in [1.807, 2.05) is 42.5 Å². The topological polar surface area (TPSA) is 68.2 Å². The second-order valence-electron chi connectivity index (χ2n) is 7.94. The Morgan fingerprint density at radius 2 is 1.55 bits per heavy atom. The van der Waals surface area contributed by atoms with Crippen LogP contribution in [0.2, 0.25) is 5.02 Å². The average Bonchev–Trinajstić information content (AvgIpc) is 3.47. The second kappa shape index (κ2) is 6.15. The molecule has 29 heavy (non-hydrogen) atoms. The van der Waals surface area contributed by atoms with E-state index in [0.29, 0.717) is 11.6 Å². The zero-order valence-electron chi connectivity index (χ0n) is 15.3. The van der Waals surface area contributed by atoms with Crippen LogP contribution in [0.4, 0.5) is 0 Å². The molecule has 0 saturated carbocycles. The summed E-state index contributed by atoms with van der Waals surface area (Å²) >= 11 is 6.00. The van der Waals surface area contributed by atoms with Gasteiger partial charge in [-0.2, -0.15) is 0 Å². The normalized spacial score (nSPS) is 34.2. The van der Waals surface area contributed by atoms with Crippen molar-refractivity contribution in [3.05, 3.63) is 70.7 Å². The van der Waals surface area contributed by atoms with E-state index in [2.05, 4.69) is 5.16 Å². The van der Waals surface area contributed by atoms with Crippen LogP contribution in [-0.2, 0) is 25.7 Å². The minimum Gasteiger partial charge on any atom is -0.389 e. The largest absolute Gasteiger partial charge is 0.389 e. The lowest BCUT2D eigenvalue weighted by Gasteiger charge is -2.26. The highest BCUT2D eigenvalue weighted by atomic mass is 35.5. The van der Waals surface area contributed by atoms with Crippen molar-refractivity contribution in [1.82, 2.24) is 4.90 Å². The summed E-state index contributed by atoms with van der Waals surface area (Å²) in [5.41, 5.74) is 2.59. The van der Waals surface area contributed by atoms with Gasteiger partial charge in [0.1, 0.15) is 6.10 Å². The number of amides is 2. The first-order chi connectivity index (χ1) is 14.1. The first-order valence-corrected chi connectivity index (χ1v) is 10.1. The molecule has 6 atom stereocenters. The summed E-state index contributed by atoms with van der Waals surface area (Å²) in [7, 11) is 0. The molecule has 6 nitrogen and oxygen atoms in total. The van der Waals surface area contributed by atoms with Crippen molar-refractivity contribution in [1.29, 1.82) is 0 Å². The number of ether oxygens (including phenoxy) is 1. The number of hydrogen-bond acceptors (Lipinski definition) is 5. The van der Waals surface area contributed by atoms with Gasteiger partial charge in [0.15, 0.2) is 6.10 Å². The number of rotatable bonds is 3. The maximum atomic E-state index is 13.2. The maximum Gasteiger partial charge on any atom is 0.236 e. The van der Waals surface area contributed by atoms with Crippen molar-refractivity contribution in [2.45, 2.75) is 24.9 Å². The molecule has 146 valence electrons. The zero-order valence-corrected chi connectivity index (χ0v) is 16.0. The molecule has 0 aliphatic carbocycles. The van der Waals surface area contributed by atoms with Gasteiger partial charge in [-0.3, -0.25) is 14.5 Å². The molecule has 4 aliphatic heterocycles. The molecular weight excluding hydrogens is 392 g/mol. The zero-order chi connectivity index (χ0) is 19.7. The van der Waals surface area contributed by atoms with Gasteiger partial charge in [0.05, 0.1) is 36.1 Å². The summed E-state index contributed by atoms with van der Waals surface area (Å²) < 4.78 is 6.12. The Morgan fingerprint density at radius 1 is 0.862 bits per heavy atom. The number of benzene rings is 2. The van der Waals surface area contributed by atoms with E-state index in [9.17, 15) is 9.59 Å². The highest BCUT2D eigenvalue weighted by molar-refractivity contribution is 6.30. The number of carbonyl (C=O) groups excluding carboxylic acids is 2. The van der Waals surface area contributed by atoms with Gasteiger partial charge in [0, 0.05) is 5.02 Å². The Morgan fingerprint density at radius 3 is 2.28 bits per heavy atom. The van der Waals surface area contributed by atoms with Crippen LogP contribution in [0, 0.1) is 17.8 Å². The number of fused-ring (bicyclic) bond motifs is 8. The van der Waals surface area contributed by atoms with Crippen LogP contribution in [0.3, 0.4) is 0 Å². The van der Waals surface area contributed by atoms with Crippen LogP contribution < -0.4 is 0 Å². The molecule has 0 aromatic heterocycles. The highest BCUT2D eigenvalue weighted by Gasteiger charge is 2.72. The molecule has 2 aromatic rings. The number of halogens is 1. The minimum atomic E-state index is -0.489. The van der Waals surface area contributed by atoms with E-state index >= 15 is 0 Å². The lowest BCUT2D eigenvalue weighted by Crippen LogP contribution is -2.45. The van der Waals surface area contributed by atoms with Crippen molar-refractivity contribution >= 4 is 29.1 Å². The monoisotopic (exact) mass is 408 g/mol. The van der Waals surface area contributed by atoms with Crippen molar-refractivity contribution < 1.29 is 19.2 Å². The fraction of sp³-hybridized carbons (Fsp3) is 0.318. The average molecular weight is 409 g/mol. The smallest absolute Gasteiger partial charge is 0.236 e. The van der Waals surface area contributed by atoms with Crippen LogP contribution in [0.1, 0.15) is 11.1 Å². The Bertz CT molecular complexity index is 1040. The van der Waals surface area contributed by atoms with Crippen LogP contribution in [0.5, 0.6) is 0 Å². The molecule has 4 aliphatic rings. The molecule has 2 bridgehead atoms. The maximum absolute atomic E-state index is 13.2. The second-order valence-corrected chi connectivity index (χ2v) is 8.38. The van der Waals surface area contributed by atoms with Crippen molar-refractivity contribution in [2.24, 2.45) is 22.9 Å². The van der Waals surface area contributed by atoms with Gasteiger partial charge in [0.2, 0.25) is 11.8 Å². The number of imide groups is 1. The first kappa shape index (κ1) is 17.2. The quantitative estimate of drug-likeness (QED) is 0.732. The standard InChI is InChI=1S/C22H17ClN2O4/c23-13-8-6-12(7-9-13)17-16-18-14-15(19(28-18)20(16)29-24-17)22(27)25(21(14)26)10-11-4-2-1-3-5-11/h1-9,14-16,18-20H,10H2/t14-,15+,16-,18+,19-,20-/m0/s1. The van der Waals surface area contributed by atoms with Gasteiger partial charge >= 0.3 is 0 Å². The molecule has 3 fully saturated rings. The Hall–Kier alpha value is -2.70. The van der Waals surface area contributed by atoms with Crippen molar-refractivity contribution in [3.63, 3.8) is 0 Å². The van der Waals surface area contributed by atoms with Gasteiger partial charge in [-0.1, -0.05) is 59.2 Å².